The van der Waals surface area contributed by atoms with Crippen molar-refractivity contribution in [2.45, 2.75) is 44.2 Å². The Kier molecular flexibility index (Phi) is 5.74. The first-order valence-corrected chi connectivity index (χ1v) is 10.3. The van der Waals surface area contributed by atoms with Gasteiger partial charge in [0.1, 0.15) is 0 Å². The molecule has 3 N–H and O–H groups in total. The van der Waals surface area contributed by atoms with Crippen LogP contribution in [0.25, 0.3) is 11.0 Å². The van der Waals surface area contributed by atoms with Crippen LogP contribution in [0.2, 0.25) is 5.02 Å². The van der Waals surface area contributed by atoms with Gasteiger partial charge in [0, 0.05) is 23.2 Å². The Hall–Kier alpha value is -2.57. The summed E-state index contributed by atoms with van der Waals surface area (Å²) in [4.78, 5) is 27.9. The Morgan fingerprint density at radius 1 is 1.17 bits per heavy atom. The van der Waals surface area contributed by atoms with E-state index in [0.29, 0.717) is 41.9 Å². The molecule has 0 spiro atoms. The summed E-state index contributed by atoms with van der Waals surface area (Å²) in [5.41, 5.74) is 2.77. The van der Waals surface area contributed by atoms with Crippen molar-refractivity contribution in [1.82, 2.24) is 14.9 Å². The minimum Gasteiger partial charge on any atom is -0.393 e. The first-order valence-electron chi connectivity index (χ1n) is 9.97. The topological polar surface area (TPSA) is 87.1 Å². The fourth-order valence-electron chi connectivity index (χ4n) is 4.07. The average molecular weight is 414 g/mol. The average Bonchev–Trinajstić information content (AvgIpc) is 3.05. The van der Waals surface area contributed by atoms with E-state index in [1.54, 1.807) is 16.7 Å². The van der Waals surface area contributed by atoms with Gasteiger partial charge in [0.05, 0.1) is 17.1 Å². The number of halogens is 1. The monoisotopic (exact) mass is 413 g/mol. The molecular formula is C22H24ClN3O3. The van der Waals surface area contributed by atoms with Crippen molar-refractivity contribution in [3.8, 4) is 0 Å². The summed E-state index contributed by atoms with van der Waals surface area (Å²) < 4.78 is 1.76. The van der Waals surface area contributed by atoms with Gasteiger partial charge in [0.25, 0.3) is 5.91 Å². The van der Waals surface area contributed by atoms with Crippen molar-refractivity contribution in [2.24, 2.45) is 0 Å². The first kappa shape index (κ1) is 19.7. The van der Waals surface area contributed by atoms with Crippen molar-refractivity contribution in [3.05, 3.63) is 69.1 Å². The number of fused-ring (bicyclic) bond motifs is 1. The fourth-order valence-corrected chi connectivity index (χ4v) is 4.30. The van der Waals surface area contributed by atoms with Gasteiger partial charge < -0.3 is 15.4 Å². The SMILES string of the molecule is O=C(NCCc1ccccc1Cl)c1ccc2c(c1)[nH]c(=O)n2C1CCC(O)CC1. The molecule has 1 aliphatic rings. The van der Waals surface area contributed by atoms with E-state index in [9.17, 15) is 14.7 Å². The van der Waals surface area contributed by atoms with Crippen LogP contribution < -0.4 is 11.0 Å². The molecule has 1 amide bonds. The maximum Gasteiger partial charge on any atom is 0.326 e. The molecule has 0 saturated heterocycles. The number of H-pyrrole nitrogens is 1. The van der Waals surface area contributed by atoms with Crippen molar-refractivity contribution >= 4 is 28.5 Å². The molecule has 0 atom stereocenters. The Morgan fingerprint density at radius 2 is 1.93 bits per heavy atom. The normalized spacial score (nSPS) is 19.4. The molecule has 1 aromatic heterocycles. The van der Waals surface area contributed by atoms with E-state index in [0.717, 1.165) is 23.9 Å². The predicted octanol–water partition coefficient (Wildman–Crippen LogP) is 3.43. The highest BCUT2D eigenvalue weighted by Gasteiger charge is 2.24. The lowest BCUT2D eigenvalue weighted by atomic mass is 9.93. The molecule has 2 aromatic carbocycles. The number of imidazole rings is 1. The molecule has 0 bridgehead atoms. The number of rotatable bonds is 5. The molecule has 1 fully saturated rings. The second kappa shape index (κ2) is 8.43. The fraction of sp³-hybridized carbons (Fsp3) is 0.364. The zero-order valence-corrected chi connectivity index (χ0v) is 16.8. The minimum atomic E-state index is -0.270. The summed E-state index contributed by atoms with van der Waals surface area (Å²) in [5.74, 6) is -0.187. The number of nitrogens with one attached hydrogen (secondary N) is 2. The number of aromatic amines is 1. The van der Waals surface area contributed by atoms with E-state index in [1.165, 1.54) is 0 Å². The van der Waals surface area contributed by atoms with Crippen molar-refractivity contribution < 1.29 is 9.90 Å². The van der Waals surface area contributed by atoms with Crippen LogP contribution in [0.15, 0.2) is 47.3 Å². The number of aromatic nitrogens is 2. The highest BCUT2D eigenvalue weighted by atomic mass is 35.5. The number of hydrogen-bond donors (Lipinski definition) is 3. The summed E-state index contributed by atoms with van der Waals surface area (Å²) in [5, 5.41) is 13.3. The quantitative estimate of drug-likeness (QED) is 0.598. The smallest absolute Gasteiger partial charge is 0.326 e. The van der Waals surface area contributed by atoms with E-state index >= 15 is 0 Å². The molecule has 1 aliphatic carbocycles. The van der Waals surface area contributed by atoms with Crippen molar-refractivity contribution in [3.63, 3.8) is 0 Å². The molecule has 6 nitrogen and oxygen atoms in total. The van der Waals surface area contributed by atoms with Crippen LogP contribution in [0, 0.1) is 0 Å². The second-order valence-corrected chi connectivity index (χ2v) is 8.00. The third kappa shape index (κ3) is 4.23. The summed E-state index contributed by atoms with van der Waals surface area (Å²) in [6.07, 6.45) is 3.34. The second-order valence-electron chi connectivity index (χ2n) is 7.59. The van der Waals surface area contributed by atoms with Gasteiger partial charge in [-0.2, -0.15) is 0 Å². The maximum atomic E-state index is 12.5. The number of carbonyl (C=O) groups is 1. The van der Waals surface area contributed by atoms with Crippen LogP contribution in [-0.4, -0.2) is 33.2 Å². The largest absolute Gasteiger partial charge is 0.393 e. The Labute approximate surface area is 173 Å². The molecule has 7 heteroatoms. The standard InChI is InChI=1S/C22H24ClN3O3/c23-18-4-2-1-3-14(18)11-12-24-21(28)15-5-10-20-19(13-15)25-22(29)26(20)16-6-8-17(27)9-7-16/h1-5,10,13,16-17,27H,6-9,11-12H2,(H,24,28)(H,25,29). The zero-order chi connectivity index (χ0) is 20.4. The highest BCUT2D eigenvalue weighted by molar-refractivity contribution is 6.31. The van der Waals surface area contributed by atoms with E-state index in [-0.39, 0.29) is 23.7 Å². The molecule has 1 heterocycles. The number of benzene rings is 2. The lowest BCUT2D eigenvalue weighted by Crippen LogP contribution is -2.27. The lowest BCUT2D eigenvalue weighted by molar-refractivity contribution is 0.0954. The summed E-state index contributed by atoms with van der Waals surface area (Å²) >= 11 is 6.15. The first-order chi connectivity index (χ1) is 14.0. The van der Waals surface area contributed by atoms with Crippen LogP contribution >= 0.6 is 11.6 Å². The summed E-state index contributed by atoms with van der Waals surface area (Å²) in [6, 6.07) is 12.9. The maximum absolute atomic E-state index is 12.5. The molecule has 3 aromatic rings. The van der Waals surface area contributed by atoms with Gasteiger partial charge >= 0.3 is 5.69 Å². The van der Waals surface area contributed by atoms with Crippen LogP contribution in [0.1, 0.15) is 47.6 Å². The number of aliphatic hydroxyl groups excluding tert-OH is 1. The van der Waals surface area contributed by atoms with Crippen molar-refractivity contribution in [1.29, 1.82) is 0 Å². The molecule has 29 heavy (non-hydrogen) atoms. The zero-order valence-electron chi connectivity index (χ0n) is 16.0. The van der Waals surface area contributed by atoms with Gasteiger partial charge in [0.2, 0.25) is 0 Å². The molecule has 152 valence electrons. The molecular weight excluding hydrogens is 390 g/mol. The van der Waals surface area contributed by atoms with Gasteiger partial charge in [-0.3, -0.25) is 9.36 Å². The summed E-state index contributed by atoms with van der Waals surface area (Å²) in [7, 11) is 0. The van der Waals surface area contributed by atoms with Gasteiger partial charge in [-0.25, -0.2) is 4.79 Å². The minimum absolute atomic E-state index is 0.0787. The van der Waals surface area contributed by atoms with Gasteiger partial charge in [-0.1, -0.05) is 29.8 Å². The molecule has 4 rings (SSSR count). The number of nitrogens with zero attached hydrogens (tertiary/aromatic N) is 1. The number of carbonyl (C=O) groups excluding carboxylic acids is 1. The highest BCUT2D eigenvalue weighted by Crippen LogP contribution is 2.30. The predicted molar refractivity (Wildman–Crippen MR) is 114 cm³/mol. The summed E-state index contributed by atoms with van der Waals surface area (Å²) in [6.45, 7) is 0.475. The van der Waals surface area contributed by atoms with Gasteiger partial charge in [0.15, 0.2) is 0 Å². The Morgan fingerprint density at radius 3 is 2.69 bits per heavy atom. The molecule has 1 saturated carbocycles. The molecule has 0 unspecified atom stereocenters. The third-order valence-corrected chi connectivity index (χ3v) is 6.02. The number of amides is 1. The van der Waals surface area contributed by atoms with Crippen molar-refractivity contribution in [2.75, 3.05) is 6.54 Å². The van der Waals surface area contributed by atoms with Crippen LogP contribution in [0.4, 0.5) is 0 Å². The Balaban J connectivity index is 1.47. The van der Waals surface area contributed by atoms with Crippen LogP contribution in [-0.2, 0) is 6.42 Å². The third-order valence-electron chi connectivity index (χ3n) is 5.65. The van der Waals surface area contributed by atoms with Crippen LogP contribution in [0.3, 0.4) is 0 Å². The van der Waals surface area contributed by atoms with E-state index in [2.05, 4.69) is 10.3 Å². The number of aliphatic hydroxyl groups is 1. The molecule has 0 aliphatic heterocycles. The van der Waals surface area contributed by atoms with Gasteiger partial charge in [-0.05, 0) is 61.9 Å². The molecule has 0 radical (unpaired) electrons. The van der Waals surface area contributed by atoms with Crippen LogP contribution in [0.5, 0.6) is 0 Å². The number of hydrogen-bond acceptors (Lipinski definition) is 3. The van der Waals surface area contributed by atoms with E-state index in [4.69, 9.17) is 11.6 Å². The lowest BCUT2D eigenvalue weighted by Gasteiger charge is -2.26. The van der Waals surface area contributed by atoms with E-state index in [1.807, 2.05) is 30.3 Å². The van der Waals surface area contributed by atoms with E-state index < -0.39 is 0 Å². The Bertz CT molecular complexity index is 1080. The van der Waals surface area contributed by atoms with Gasteiger partial charge in [-0.15, -0.1) is 0 Å².